The van der Waals surface area contributed by atoms with E-state index in [0.29, 0.717) is 22.8 Å². The largest absolute Gasteiger partial charge is 0.370 e. The van der Waals surface area contributed by atoms with E-state index in [1.165, 1.54) is 26.2 Å². The molecule has 3 aromatic heterocycles. The number of carbonyl (C=O) groups is 1. The van der Waals surface area contributed by atoms with Crippen LogP contribution in [0.5, 0.6) is 0 Å². The van der Waals surface area contributed by atoms with Crippen LogP contribution in [0.15, 0.2) is 35.4 Å². The number of hydrogen-bond acceptors (Lipinski definition) is 7. The van der Waals surface area contributed by atoms with Crippen molar-refractivity contribution >= 4 is 34.3 Å². The summed E-state index contributed by atoms with van der Waals surface area (Å²) in [5, 5.41) is 3.86. The van der Waals surface area contributed by atoms with Gasteiger partial charge in [-0.15, -0.1) is 0 Å². The van der Waals surface area contributed by atoms with Crippen molar-refractivity contribution in [3.05, 3.63) is 46.5 Å². The fourth-order valence-electron chi connectivity index (χ4n) is 4.85. The summed E-state index contributed by atoms with van der Waals surface area (Å²) in [7, 11) is 0. The maximum Gasteiger partial charge on any atom is 0.263 e. The van der Waals surface area contributed by atoms with Crippen LogP contribution < -0.4 is 15.8 Å². The molecule has 1 saturated heterocycles. The second-order valence-electron chi connectivity index (χ2n) is 8.77. The van der Waals surface area contributed by atoms with Gasteiger partial charge in [0, 0.05) is 30.7 Å². The summed E-state index contributed by atoms with van der Waals surface area (Å²) >= 11 is 0. The van der Waals surface area contributed by atoms with Gasteiger partial charge in [0.15, 0.2) is 5.78 Å². The number of Topliss-reactive ketones (excluding diaryl/α,β-unsaturated/α-hetero) is 1. The van der Waals surface area contributed by atoms with E-state index >= 15 is 0 Å². The first-order valence-electron chi connectivity index (χ1n) is 11.5. The predicted molar refractivity (Wildman–Crippen MR) is 125 cm³/mol. The average Bonchev–Trinajstić information content (AvgIpc) is 3.34. The molecule has 1 saturated carbocycles. The van der Waals surface area contributed by atoms with Crippen LogP contribution >= 0.6 is 0 Å². The molecule has 0 bridgehead atoms. The summed E-state index contributed by atoms with van der Waals surface area (Å²) in [4.78, 5) is 41.1. The number of piperidine rings is 1. The van der Waals surface area contributed by atoms with Gasteiger partial charge in [0.1, 0.15) is 11.5 Å². The molecule has 0 amide bonds. The average molecular weight is 433 g/mol. The summed E-state index contributed by atoms with van der Waals surface area (Å²) in [5.41, 5.74) is 1.63. The van der Waals surface area contributed by atoms with E-state index in [2.05, 4.69) is 31.2 Å². The van der Waals surface area contributed by atoms with E-state index in [9.17, 15) is 9.59 Å². The minimum absolute atomic E-state index is 0.0639. The highest BCUT2D eigenvalue weighted by atomic mass is 16.1. The third-order valence-corrected chi connectivity index (χ3v) is 6.55. The molecule has 8 heteroatoms. The highest BCUT2D eigenvalue weighted by Gasteiger charge is 2.24. The lowest BCUT2D eigenvalue weighted by Gasteiger charge is -2.28. The number of fused-ring (bicyclic) bond motifs is 1. The highest BCUT2D eigenvalue weighted by Crippen LogP contribution is 2.31. The number of nitrogens with zero attached hydrogens (tertiary/aromatic N) is 5. The number of aromatic nitrogens is 4. The van der Waals surface area contributed by atoms with Gasteiger partial charge in [-0.2, -0.15) is 4.98 Å². The Morgan fingerprint density at radius 1 is 1.03 bits per heavy atom. The van der Waals surface area contributed by atoms with E-state index in [-0.39, 0.29) is 22.9 Å². The fraction of sp³-hybridized carbons (Fsp3) is 0.458. The van der Waals surface area contributed by atoms with Crippen LogP contribution in [0.25, 0.3) is 11.0 Å². The van der Waals surface area contributed by atoms with Crippen molar-refractivity contribution in [3.8, 4) is 0 Å². The molecule has 4 heterocycles. The van der Waals surface area contributed by atoms with Gasteiger partial charge in [-0.3, -0.25) is 14.2 Å². The van der Waals surface area contributed by atoms with E-state index in [4.69, 9.17) is 0 Å². The normalized spacial score (nSPS) is 17.1. The second-order valence-corrected chi connectivity index (χ2v) is 8.77. The van der Waals surface area contributed by atoms with Crippen molar-refractivity contribution in [2.24, 2.45) is 0 Å². The van der Waals surface area contributed by atoms with Crippen LogP contribution in [0.2, 0.25) is 0 Å². The Morgan fingerprint density at radius 2 is 1.81 bits per heavy atom. The standard InChI is InChI=1S/C24H28N6O2/c1-16(31)20-13-17-14-26-24(28-22(17)30(23(20)32)18-7-3-4-8-18)27-21-10-9-19(15-25-21)29-11-5-2-6-12-29/h9-10,13-15,18H,2-8,11-12H2,1H3,(H,25,26,27,28). The fourth-order valence-corrected chi connectivity index (χ4v) is 4.85. The number of anilines is 3. The molecule has 0 atom stereocenters. The van der Waals surface area contributed by atoms with Gasteiger partial charge >= 0.3 is 0 Å². The smallest absolute Gasteiger partial charge is 0.263 e. The molecule has 0 radical (unpaired) electrons. The maximum absolute atomic E-state index is 13.1. The van der Waals surface area contributed by atoms with Crippen molar-refractivity contribution in [2.45, 2.75) is 57.9 Å². The first kappa shape index (κ1) is 20.6. The molecule has 2 aliphatic rings. The highest BCUT2D eigenvalue weighted by molar-refractivity contribution is 5.96. The molecule has 1 N–H and O–H groups in total. The summed E-state index contributed by atoms with van der Waals surface area (Å²) in [5.74, 6) is 0.807. The van der Waals surface area contributed by atoms with Crippen LogP contribution in [-0.4, -0.2) is 38.4 Å². The van der Waals surface area contributed by atoms with Gasteiger partial charge < -0.3 is 10.2 Å². The number of rotatable bonds is 5. The Morgan fingerprint density at radius 3 is 2.50 bits per heavy atom. The first-order chi connectivity index (χ1) is 15.6. The molecule has 0 spiro atoms. The molecule has 166 valence electrons. The second kappa shape index (κ2) is 8.68. The molecular weight excluding hydrogens is 404 g/mol. The van der Waals surface area contributed by atoms with Crippen molar-refractivity contribution < 1.29 is 4.79 Å². The monoisotopic (exact) mass is 432 g/mol. The quantitative estimate of drug-likeness (QED) is 0.603. The van der Waals surface area contributed by atoms with E-state index in [0.717, 1.165) is 44.5 Å². The van der Waals surface area contributed by atoms with Crippen LogP contribution in [-0.2, 0) is 0 Å². The van der Waals surface area contributed by atoms with Crippen LogP contribution in [0.3, 0.4) is 0 Å². The molecule has 32 heavy (non-hydrogen) atoms. The lowest BCUT2D eigenvalue weighted by atomic mass is 10.1. The van der Waals surface area contributed by atoms with Crippen LogP contribution in [0.4, 0.5) is 17.5 Å². The van der Waals surface area contributed by atoms with Gasteiger partial charge in [-0.05, 0) is 57.2 Å². The van der Waals surface area contributed by atoms with Crippen molar-refractivity contribution in [3.63, 3.8) is 0 Å². The number of hydrogen-bond donors (Lipinski definition) is 1. The van der Waals surface area contributed by atoms with Gasteiger partial charge in [-0.25, -0.2) is 9.97 Å². The molecular formula is C24H28N6O2. The van der Waals surface area contributed by atoms with E-state index in [1.807, 2.05) is 12.3 Å². The Kier molecular flexibility index (Phi) is 5.59. The predicted octanol–water partition coefficient (Wildman–Crippen LogP) is 4.24. The van der Waals surface area contributed by atoms with Crippen molar-refractivity contribution in [1.29, 1.82) is 0 Å². The van der Waals surface area contributed by atoms with E-state index < -0.39 is 0 Å². The SMILES string of the molecule is CC(=O)c1cc2cnc(Nc3ccc(N4CCCCC4)cn3)nc2n(C2CCCC2)c1=O. The van der Waals surface area contributed by atoms with Gasteiger partial charge in [-0.1, -0.05) is 12.8 Å². The zero-order valence-corrected chi connectivity index (χ0v) is 18.4. The zero-order chi connectivity index (χ0) is 22.1. The molecule has 8 nitrogen and oxygen atoms in total. The maximum atomic E-state index is 13.1. The minimum Gasteiger partial charge on any atom is -0.370 e. The number of ketones is 1. The van der Waals surface area contributed by atoms with E-state index in [1.54, 1.807) is 16.8 Å². The Bertz CT molecular complexity index is 1190. The molecule has 3 aromatic rings. The molecule has 5 rings (SSSR count). The number of nitrogens with one attached hydrogen (secondary N) is 1. The van der Waals surface area contributed by atoms with Gasteiger partial charge in [0.2, 0.25) is 5.95 Å². The summed E-state index contributed by atoms with van der Waals surface area (Å²) in [6.07, 6.45) is 11.3. The zero-order valence-electron chi connectivity index (χ0n) is 18.4. The summed E-state index contributed by atoms with van der Waals surface area (Å²) in [6.45, 7) is 3.57. The Labute approximate surface area is 186 Å². The molecule has 2 fully saturated rings. The minimum atomic E-state index is -0.259. The van der Waals surface area contributed by atoms with Crippen LogP contribution in [0, 0.1) is 0 Å². The topological polar surface area (TPSA) is 93.0 Å². The van der Waals surface area contributed by atoms with Crippen LogP contribution in [0.1, 0.15) is 68.3 Å². The lowest BCUT2D eigenvalue weighted by Crippen LogP contribution is -2.29. The first-order valence-corrected chi connectivity index (χ1v) is 11.5. The third-order valence-electron chi connectivity index (χ3n) is 6.55. The Hall–Kier alpha value is -3.29. The Balaban J connectivity index is 1.47. The van der Waals surface area contributed by atoms with Gasteiger partial charge in [0.25, 0.3) is 5.56 Å². The summed E-state index contributed by atoms with van der Waals surface area (Å²) < 4.78 is 1.71. The van der Waals surface area contributed by atoms with Crippen molar-refractivity contribution in [1.82, 2.24) is 19.5 Å². The third kappa shape index (κ3) is 3.97. The summed E-state index contributed by atoms with van der Waals surface area (Å²) in [6, 6.07) is 5.67. The molecule has 1 aliphatic carbocycles. The van der Waals surface area contributed by atoms with Gasteiger partial charge in [0.05, 0.1) is 17.4 Å². The number of carbonyl (C=O) groups excluding carboxylic acids is 1. The molecule has 1 aliphatic heterocycles. The molecule has 0 unspecified atom stereocenters. The lowest BCUT2D eigenvalue weighted by molar-refractivity contribution is 0.101. The number of pyridine rings is 2. The van der Waals surface area contributed by atoms with Crippen molar-refractivity contribution in [2.75, 3.05) is 23.3 Å². The molecule has 0 aromatic carbocycles.